The first kappa shape index (κ1) is 13.3. The highest BCUT2D eigenvalue weighted by atomic mass is 15.1. The van der Waals surface area contributed by atoms with Crippen LogP contribution in [0.15, 0.2) is 18.2 Å². The molecule has 1 saturated carbocycles. The van der Waals surface area contributed by atoms with Crippen LogP contribution in [-0.2, 0) is 0 Å². The fourth-order valence-corrected chi connectivity index (χ4v) is 3.11. The average molecular weight is 246 g/mol. The van der Waals surface area contributed by atoms with Crippen LogP contribution in [0.3, 0.4) is 0 Å². The van der Waals surface area contributed by atoms with E-state index in [1.54, 1.807) is 0 Å². The Balaban J connectivity index is 2.12. The third kappa shape index (κ3) is 2.80. The van der Waals surface area contributed by atoms with Gasteiger partial charge in [0.1, 0.15) is 0 Å². The SMILES string of the molecule is CCC1CCCC1Nc1ccc(C)c(N(C)C)c1. The summed E-state index contributed by atoms with van der Waals surface area (Å²) in [6.07, 6.45) is 5.39. The van der Waals surface area contributed by atoms with Gasteiger partial charge >= 0.3 is 0 Å². The van der Waals surface area contributed by atoms with Gasteiger partial charge in [0.15, 0.2) is 0 Å². The molecular formula is C16H26N2. The van der Waals surface area contributed by atoms with Crippen molar-refractivity contribution < 1.29 is 0 Å². The second-order valence-electron chi connectivity index (χ2n) is 5.75. The lowest BCUT2D eigenvalue weighted by molar-refractivity contribution is 0.489. The van der Waals surface area contributed by atoms with Crippen molar-refractivity contribution >= 4 is 11.4 Å². The molecule has 2 rings (SSSR count). The maximum atomic E-state index is 3.74. The van der Waals surface area contributed by atoms with E-state index in [1.165, 1.54) is 42.6 Å². The molecule has 0 radical (unpaired) electrons. The first-order valence-corrected chi connectivity index (χ1v) is 7.16. The van der Waals surface area contributed by atoms with Crippen LogP contribution >= 0.6 is 0 Å². The van der Waals surface area contributed by atoms with Gasteiger partial charge in [-0.1, -0.05) is 25.8 Å². The van der Waals surface area contributed by atoms with Gasteiger partial charge in [-0.3, -0.25) is 0 Å². The fourth-order valence-electron chi connectivity index (χ4n) is 3.11. The Hall–Kier alpha value is -1.18. The highest BCUT2D eigenvalue weighted by molar-refractivity contribution is 5.62. The maximum Gasteiger partial charge on any atom is 0.0411 e. The van der Waals surface area contributed by atoms with Gasteiger partial charge in [-0.15, -0.1) is 0 Å². The molecule has 1 N–H and O–H groups in total. The minimum atomic E-state index is 0.674. The van der Waals surface area contributed by atoms with Crippen LogP contribution in [0.25, 0.3) is 0 Å². The largest absolute Gasteiger partial charge is 0.382 e. The zero-order chi connectivity index (χ0) is 13.1. The molecule has 0 amide bonds. The molecule has 1 aliphatic carbocycles. The lowest BCUT2D eigenvalue weighted by Crippen LogP contribution is -2.23. The van der Waals surface area contributed by atoms with Crippen molar-refractivity contribution in [2.75, 3.05) is 24.3 Å². The standard InChI is InChI=1S/C16H26N2/c1-5-13-7-6-8-15(13)17-14-10-9-12(2)16(11-14)18(3)4/h9-11,13,15,17H,5-8H2,1-4H3. The molecule has 0 heterocycles. The number of hydrogen-bond acceptors (Lipinski definition) is 2. The molecule has 0 spiro atoms. The number of aryl methyl sites for hydroxylation is 1. The Kier molecular flexibility index (Phi) is 4.15. The molecule has 2 nitrogen and oxygen atoms in total. The summed E-state index contributed by atoms with van der Waals surface area (Å²) < 4.78 is 0. The van der Waals surface area contributed by atoms with Crippen LogP contribution in [0.5, 0.6) is 0 Å². The Morgan fingerprint density at radius 3 is 2.72 bits per heavy atom. The molecule has 1 fully saturated rings. The van der Waals surface area contributed by atoms with Crippen LogP contribution in [0.2, 0.25) is 0 Å². The topological polar surface area (TPSA) is 15.3 Å². The summed E-state index contributed by atoms with van der Waals surface area (Å²) in [4.78, 5) is 2.19. The second kappa shape index (κ2) is 5.64. The minimum Gasteiger partial charge on any atom is -0.382 e. The Morgan fingerprint density at radius 1 is 1.28 bits per heavy atom. The van der Waals surface area contributed by atoms with Crippen molar-refractivity contribution in [3.63, 3.8) is 0 Å². The van der Waals surface area contributed by atoms with Gasteiger partial charge in [-0.2, -0.15) is 0 Å². The van der Waals surface area contributed by atoms with Gasteiger partial charge < -0.3 is 10.2 Å². The quantitative estimate of drug-likeness (QED) is 0.862. The smallest absolute Gasteiger partial charge is 0.0411 e. The monoisotopic (exact) mass is 246 g/mol. The van der Waals surface area contributed by atoms with E-state index in [0.717, 1.165) is 5.92 Å². The van der Waals surface area contributed by atoms with E-state index in [-0.39, 0.29) is 0 Å². The number of anilines is 2. The van der Waals surface area contributed by atoms with E-state index >= 15 is 0 Å². The summed E-state index contributed by atoms with van der Waals surface area (Å²) in [5.74, 6) is 0.856. The third-order valence-corrected chi connectivity index (χ3v) is 4.23. The van der Waals surface area contributed by atoms with Crippen molar-refractivity contribution in [2.24, 2.45) is 5.92 Å². The fraction of sp³-hybridized carbons (Fsp3) is 0.625. The van der Waals surface area contributed by atoms with Gasteiger partial charge in [0.25, 0.3) is 0 Å². The summed E-state index contributed by atoms with van der Waals surface area (Å²) in [5, 5.41) is 3.74. The number of rotatable bonds is 4. The lowest BCUT2D eigenvalue weighted by Gasteiger charge is -2.23. The molecule has 0 aliphatic heterocycles. The Morgan fingerprint density at radius 2 is 2.06 bits per heavy atom. The number of nitrogens with zero attached hydrogens (tertiary/aromatic N) is 1. The van der Waals surface area contributed by atoms with Gasteiger partial charge in [-0.25, -0.2) is 0 Å². The predicted molar refractivity (Wildman–Crippen MR) is 80.5 cm³/mol. The predicted octanol–water partition coefficient (Wildman–Crippen LogP) is 4.05. The average Bonchev–Trinajstić information content (AvgIpc) is 2.78. The van der Waals surface area contributed by atoms with Gasteiger partial charge in [0, 0.05) is 31.5 Å². The van der Waals surface area contributed by atoms with Crippen LogP contribution in [0, 0.1) is 12.8 Å². The zero-order valence-electron chi connectivity index (χ0n) is 12.2. The molecule has 2 atom stereocenters. The molecule has 2 heteroatoms. The van der Waals surface area contributed by atoms with E-state index in [9.17, 15) is 0 Å². The van der Waals surface area contributed by atoms with Crippen molar-refractivity contribution in [3.05, 3.63) is 23.8 Å². The molecule has 1 aromatic carbocycles. The van der Waals surface area contributed by atoms with Crippen molar-refractivity contribution in [1.82, 2.24) is 0 Å². The van der Waals surface area contributed by atoms with E-state index in [1.807, 2.05) is 0 Å². The Labute approximate surface area is 111 Å². The van der Waals surface area contributed by atoms with Crippen LogP contribution < -0.4 is 10.2 Å². The summed E-state index contributed by atoms with van der Waals surface area (Å²) in [6.45, 7) is 4.48. The van der Waals surface area contributed by atoms with Gasteiger partial charge in [0.2, 0.25) is 0 Å². The molecule has 18 heavy (non-hydrogen) atoms. The van der Waals surface area contributed by atoms with Gasteiger partial charge in [-0.05, 0) is 43.4 Å². The molecule has 0 saturated heterocycles. The summed E-state index contributed by atoms with van der Waals surface area (Å²) in [5.41, 5.74) is 3.92. The van der Waals surface area contributed by atoms with E-state index in [2.05, 4.69) is 56.4 Å². The maximum absolute atomic E-state index is 3.74. The third-order valence-electron chi connectivity index (χ3n) is 4.23. The number of nitrogens with one attached hydrogen (secondary N) is 1. The summed E-state index contributed by atoms with van der Waals surface area (Å²) >= 11 is 0. The number of hydrogen-bond donors (Lipinski definition) is 1. The summed E-state index contributed by atoms with van der Waals surface area (Å²) in [6, 6.07) is 7.38. The molecule has 1 aromatic rings. The highest BCUT2D eigenvalue weighted by Gasteiger charge is 2.25. The molecule has 2 unspecified atom stereocenters. The summed E-state index contributed by atoms with van der Waals surface area (Å²) in [7, 11) is 4.22. The highest BCUT2D eigenvalue weighted by Crippen LogP contribution is 2.32. The lowest BCUT2D eigenvalue weighted by atomic mass is 10.0. The molecule has 100 valence electrons. The molecule has 0 bridgehead atoms. The molecular weight excluding hydrogens is 220 g/mol. The number of benzene rings is 1. The van der Waals surface area contributed by atoms with Crippen molar-refractivity contribution in [1.29, 1.82) is 0 Å². The van der Waals surface area contributed by atoms with Crippen molar-refractivity contribution in [2.45, 2.75) is 45.6 Å². The minimum absolute atomic E-state index is 0.674. The first-order valence-electron chi connectivity index (χ1n) is 7.16. The normalized spacial score (nSPS) is 23.1. The van der Waals surface area contributed by atoms with Crippen molar-refractivity contribution in [3.8, 4) is 0 Å². The van der Waals surface area contributed by atoms with Crippen LogP contribution in [0.1, 0.15) is 38.2 Å². The van der Waals surface area contributed by atoms with E-state index in [4.69, 9.17) is 0 Å². The van der Waals surface area contributed by atoms with E-state index in [0.29, 0.717) is 6.04 Å². The van der Waals surface area contributed by atoms with E-state index < -0.39 is 0 Å². The van der Waals surface area contributed by atoms with Crippen LogP contribution in [0.4, 0.5) is 11.4 Å². The van der Waals surface area contributed by atoms with Crippen LogP contribution in [-0.4, -0.2) is 20.1 Å². The zero-order valence-corrected chi connectivity index (χ0v) is 12.2. The molecule has 0 aromatic heterocycles. The second-order valence-corrected chi connectivity index (χ2v) is 5.75. The van der Waals surface area contributed by atoms with Gasteiger partial charge in [0.05, 0.1) is 0 Å². The first-order chi connectivity index (χ1) is 8.61. The Bertz CT molecular complexity index is 398. The molecule has 1 aliphatic rings.